The normalized spacial score (nSPS) is 18.2. The summed E-state index contributed by atoms with van der Waals surface area (Å²) in [6.45, 7) is 0.794. The first-order valence-electron chi connectivity index (χ1n) is 6.84. The molecular formula is C15H18N4O. The van der Waals surface area contributed by atoms with Crippen LogP contribution in [0.3, 0.4) is 0 Å². The van der Waals surface area contributed by atoms with Crippen molar-refractivity contribution in [2.75, 3.05) is 11.9 Å². The van der Waals surface area contributed by atoms with Gasteiger partial charge < -0.3 is 14.8 Å². The van der Waals surface area contributed by atoms with Gasteiger partial charge in [-0.25, -0.2) is 4.79 Å². The maximum Gasteiger partial charge on any atom is 0.322 e. The Morgan fingerprint density at radius 2 is 2.30 bits per heavy atom. The second-order valence-corrected chi connectivity index (χ2v) is 5.07. The van der Waals surface area contributed by atoms with Gasteiger partial charge in [0.1, 0.15) is 0 Å². The van der Waals surface area contributed by atoms with E-state index in [0.29, 0.717) is 0 Å². The zero-order chi connectivity index (χ0) is 13.9. The largest absolute Gasteiger partial charge is 0.353 e. The van der Waals surface area contributed by atoms with Crippen molar-refractivity contribution >= 4 is 11.7 Å². The van der Waals surface area contributed by atoms with Gasteiger partial charge in [-0.05, 0) is 37.1 Å². The molecular weight excluding hydrogens is 252 g/mol. The van der Waals surface area contributed by atoms with Crippen LogP contribution in [0.4, 0.5) is 10.5 Å². The van der Waals surface area contributed by atoms with Crippen molar-refractivity contribution in [3.8, 4) is 0 Å². The van der Waals surface area contributed by atoms with Crippen molar-refractivity contribution < 1.29 is 4.79 Å². The highest BCUT2D eigenvalue weighted by Crippen LogP contribution is 2.32. The van der Waals surface area contributed by atoms with Crippen LogP contribution in [0.2, 0.25) is 0 Å². The van der Waals surface area contributed by atoms with Gasteiger partial charge in [-0.15, -0.1) is 0 Å². The molecule has 0 spiro atoms. The molecule has 0 bridgehead atoms. The fraction of sp³-hybridized carbons (Fsp3) is 0.333. The molecule has 1 N–H and O–H groups in total. The lowest BCUT2D eigenvalue weighted by Crippen LogP contribution is -2.35. The number of hydrogen-bond acceptors (Lipinski definition) is 2. The van der Waals surface area contributed by atoms with Crippen molar-refractivity contribution in [1.29, 1.82) is 0 Å². The van der Waals surface area contributed by atoms with Crippen LogP contribution >= 0.6 is 0 Å². The summed E-state index contributed by atoms with van der Waals surface area (Å²) in [6.07, 6.45) is 7.42. The Labute approximate surface area is 118 Å². The fourth-order valence-corrected chi connectivity index (χ4v) is 2.77. The Hall–Kier alpha value is -2.30. The van der Waals surface area contributed by atoms with E-state index in [4.69, 9.17) is 0 Å². The van der Waals surface area contributed by atoms with E-state index in [-0.39, 0.29) is 12.1 Å². The quantitative estimate of drug-likeness (QED) is 0.912. The van der Waals surface area contributed by atoms with E-state index in [1.54, 1.807) is 12.4 Å². The van der Waals surface area contributed by atoms with Crippen molar-refractivity contribution in [2.24, 2.45) is 7.05 Å². The molecule has 3 rings (SSSR count). The third-order valence-corrected chi connectivity index (χ3v) is 3.75. The van der Waals surface area contributed by atoms with Gasteiger partial charge in [-0.2, -0.15) is 0 Å². The molecule has 1 aliphatic heterocycles. The molecule has 2 aromatic rings. The topological polar surface area (TPSA) is 50.2 Å². The predicted molar refractivity (Wildman–Crippen MR) is 77.3 cm³/mol. The first-order chi connectivity index (χ1) is 9.75. The number of aromatic nitrogens is 2. The number of pyridine rings is 1. The Balaban J connectivity index is 1.76. The molecule has 1 atom stereocenters. The minimum absolute atomic E-state index is 0.0540. The maximum atomic E-state index is 12.4. The zero-order valence-electron chi connectivity index (χ0n) is 11.5. The third-order valence-electron chi connectivity index (χ3n) is 3.75. The molecule has 0 radical (unpaired) electrons. The summed E-state index contributed by atoms with van der Waals surface area (Å²) < 4.78 is 2.08. The lowest BCUT2D eigenvalue weighted by molar-refractivity contribution is 0.205. The van der Waals surface area contributed by atoms with Gasteiger partial charge in [0.05, 0.1) is 17.9 Å². The maximum absolute atomic E-state index is 12.4. The standard InChI is InChI=1S/C15H18N4O/c1-18-9-3-6-13(18)14-7-4-10-19(14)15(20)17-12-5-2-8-16-11-12/h2-3,5-6,8-9,11,14H,4,7,10H2,1H3,(H,17,20)/t14-/m0/s1. The number of hydrogen-bond donors (Lipinski definition) is 1. The monoisotopic (exact) mass is 270 g/mol. The minimum Gasteiger partial charge on any atom is -0.353 e. The highest BCUT2D eigenvalue weighted by atomic mass is 16.2. The van der Waals surface area contributed by atoms with Crippen LogP contribution in [0.25, 0.3) is 0 Å². The second kappa shape index (κ2) is 5.36. The van der Waals surface area contributed by atoms with Crippen molar-refractivity contribution in [3.63, 3.8) is 0 Å². The number of carbonyl (C=O) groups excluding carboxylic acids is 1. The highest BCUT2D eigenvalue weighted by Gasteiger charge is 2.31. The summed E-state index contributed by atoms with van der Waals surface area (Å²) in [5.74, 6) is 0. The molecule has 1 aliphatic rings. The third kappa shape index (κ3) is 2.39. The van der Waals surface area contributed by atoms with Gasteiger partial charge in [-0.3, -0.25) is 4.98 Å². The number of aryl methyl sites for hydroxylation is 1. The Kier molecular flexibility index (Phi) is 3.41. The first-order valence-corrected chi connectivity index (χ1v) is 6.84. The molecule has 0 aliphatic carbocycles. The smallest absolute Gasteiger partial charge is 0.322 e. The van der Waals surface area contributed by atoms with Gasteiger partial charge in [0, 0.05) is 31.7 Å². The molecule has 0 unspecified atom stereocenters. The van der Waals surface area contributed by atoms with Crippen molar-refractivity contribution in [3.05, 3.63) is 48.5 Å². The Morgan fingerprint density at radius 3 is 3.00 bits per heavy atom. The van der Waals surface area contributed by atoms with E-state index in [0.717, 1.165) is 25.1 Å². The van der Waals surface area contributed by atoms with E-state index >= 15 is 0 Å². The SMILES string of the molecule is Cn1cccc1[C@@H]1CCCN1C(=O)Nc1cccnc1. The Bertz CT molecular complexity index is 593. The highest BCUT2D eigenvalue weighted by molar-refractivity contribution is 5.89. The second-order valence-electron chi connectivity index (χ2n) is 5.07. The van der Waals surface area contributed by atoms with Gasteiger partial charge >= 0.3 is 6.03 Å². The number of nitrogens with zero attached hydrogens (tertiary/aromatic N) is 3. The van der Waals surface area contributed by atoms with Gasteiger partial charge in [0.2, 0.25) is 0 Å². The first kappa shape index (κ1) is 12.7. The zero-order valence-corrected chi connectivity index (χ0v) is 11.5. The van der Waals surface area contributed by atoms with Crippen LogP contribution in [-0.4, -0.2) is 27.0 Å². The number of urea groups is 1. The average molecular weight is 270 g/mol. The molecule has 5 heteroatoms. The summed E-state index contributed by atoms with van der Waals surface area (Å²) in [6, 6.07) is 7.87. The molecule has 2 amide bonds. The van der Waals surface area contributed by atoms with Crippen LogP contribution < -0.4 is 5.32 Å². The van der Waals surface area contributed by atoms with Gasteiger partial charge in [0.15, 0.2) is 0 Å². The molecule has 0 aromatic carbocycles. The number of carbonyl (C=O) groups is 1. The van der Waals surface area contributed by atoms with Crippen molar-refractivity contribution in [1.82, 2.24) is 14.5 Å². The lowest BCUT2D eigenvalue weighted by Gasteiger charge is -2.25. The van der Waals surface area contributed by atoms with Crippen LogP contribution in [-0.2, 0) is 7.05 Å². The van der Waals surface area contributed by atoms with E-state index in [1.807, 2.05) is 36.3 Å². The molecule has 1 fully saturated rings. The minimum atomic E-state index is -0.0540. The molecule has 3 heterocycles. The molecule has 1 saturated heterocycles. The van der Waals surface area contributed by atoms with Crippen LogP contribution in [0.1, 0.15) is 24.6 Å². The predicted octanol–water partition coefficient (Wildman–Crippen LogP) is 2.79. The van der Waals surface area contributed by atoms with Gasteiger partial charge in [0.25, 0.3) is 0 Å². The molecule has 0 saturated carbocycles. The average Bonchev–Trinajstić information content (AvgIpc) is 3.07. The number of rotatable bonds is 2. The number of nitrogens with one attached hydrogen (secondary N) is 1. The molecule has 5 nitrogen and oxygen atoms in total. The number of amides is 2. The van der Waals surface area contributed by atoms with Crippen LogP contribution in [0.15, 0.2) is 42.9 Å². The summed E-state index contributed by atoms with van der Waals surface area (Å²) in [4.78, 5) is 18.3. The lowest BCUT2D eigenvalue weighted by atomic mass is 10.1. The van der Waals surface area contributed by atoms with Crippen LogP contribution in [0, 0.1) is 0 Å². The number of likely N-dealkylation sites (tertiary alicyclic amines) is 1. The Morgan fingerprint density at radius 1 is 1.40 bits per heavy atom. The number of anilines is 1. The van der Waals surface area contributed by atoms with E-state index in [9.17, 15) is 4.79 Å². The summed E-state index contributed by atoms with van der Waals surface area (Å²) >= 11 is 0. The fourth-order valence-electron chi connectivity index (χ4n) is 2.77. The van der Waals surface area contributed by atoms with E-state index < -0.39 is 0 Å². The molecule has 2 aromatic heterocycles. The summed E-state index contributed by atoms with van der Waals surface area (Å²) in [5, 5.41) is 2.91. The summed E-state index contributed by atoms with van der Waals surface area (Å²) in [7, 11) is 2.02. The van der Waals surface area contributed by atoms with Gasteiger partial charge in [-0.1, -0.05) is 0 Å². The molecule has 104 valence electrons. The van der Waals surface area contributed by atoms with Crippen LogP contribution in [0.5, 0.6) is 0 Å². The van der Waals surface area contributed by atoms with Crippen molar-refractivity contribution in [2.45, 2.75) is 18.9 Å². The van der Waals surface area contributed by atoms with E-state index in [2.05, 4.69) is 20.9 Å². The van der Waals surface area contributed by atoms with E-state index in [1.165, 1.54) is 5.69 Å². The molecule has 20 heavy (non-hydrogen) atoms. The summed E-state index contributed by atoms with van der Waals surface area (Å²) in [5.41, 5.74) is 1.92.